The van der Waals surface area contributed by atoms with Gasteiger partial charge in [-0.3, -0.25) is 4.79 Å². The van der Waals surface area contributed by atoms with Crippen molar-refractivity contribution >= 4 is 23.2 Å². The average molecular weight is 306 g/mol. The first-order valence-electron chi connectivity index (χ1n) is 6.70. The second kappa shape index (κ2) is 5.69. The van der Waals surface area contributed by atoms with Crippen LogP contribution in [0.5, 0.6) is 0 Å². The van der Waals surface area contributed by atoms with Gasteiger partial charge in [-0.05, 0) is 31.4 Å². The number of carbonyl (C=O) groups excluding carboxylic acids is 1. The Kier molecular flexibility index (Phi) is 3.74. The zero-order valence-electron chi connectivity index (χ0n) is 11.2. The predicted molar refractivity (Wildman–Crippen MR) is 76.1 cm³/mol. The van der Waals surface area contributed by atoms with Crippen LogP contribution in [-0.4, -0.2) is 39.5 Å². The molecule has 7 heteroatoms. The van der Waals surface area contributed by atoms with E-state index >= 15 is 0 Å². The van der Waals surface area contributed by atoms with Crippen molar-refractivity contribution in [3.63, 3.8) is 0 Å². The fourth-order valence-corrected chi connectivity index (χ4v) is 3.22. The molecule has 6 nitrogen and oxygen atoms in total. The number of hydrogen-bond donors (Lipinski definition) is 1. The molecule has 0 saturated carbocycles. The van der Waals surface area contributed by atoms with E-state index < -0.39 is 12.0 Å². The van der Waals surface area contributed by atoms with E-state index in [1.807, 2.05) is 0 Å². The lowest BCUT2D eigenvalue weighted by atomic mass is 10.0. The molecule has 0 unspecified atom stereocenters. The number of hydrogen-bond acceptors (Lipinski definition) is 5. The highest BCUT2D eigenvalue weighted by molar-refractivity contribution is 7.13. The van der Waals surface area contributed by atoms with E-state index in [1.165, 1.54) is 16.2 Å². The van der Waals surface area contributed by atoms with Gasteiger partial charge in [0.25, 0.3) is 5.91 Å². The molecule has 0 bridgehead atoms. The third kappa shape index (κ3) is 2.69. The standard InChI is InChI=1S/C14H14N2O4S/c17-13(16-6-2-1-4-10(16)14(18)19)9-8-21-12(15-9)11-5-3-7-20-11/h3,5,7-8,10H,1-2,4,6H2,(H,18,19)/t10-/m1/s1. The van der Waals surface area contributed by atoms with Crippen molar-refractivity contribution in [1.29, 1.82) is 0 Å². The molecule has 3 rings (SSSR count). The minimum Gasteiger partial charge on any atom is -0.480 e. The molecule has 21 heavy (non-hydrogen) atoms. The third-order valence-corrected chi connectivity index (χ3v) is 4.36. The summed E-state index contributed by atoms with van der Waals surface area (Å²) >= 11 is 1.31. The summed E-state index contributed by atoms with van der Waals surface area (Å²) < 4.78 is 5.25. The van der Waals surface area contributed by atoms with Crippen molar-refractivity contribution in [1.82, 2.24) is 9.88 Å². The van der Waals surface area contributed by atoms with Gasteiger partial charge in [0.1, 0.15) is 11.7 Å². The first-order chi connectivity index (χ1) is 10.2. The van der Waals surface area contributed by atoms with E-state index in [0.717, 1.165) is 12.8 Å². The summed E-state index contributed by atoms with van der Waals surface area (Å²) in [5, 5.41) is 11.5. The van der Waals surface area contributed by atoms with Crippen molar-refractivity contribution in [2.45, 2.75) is 25.3 Å². The number of amides is 1. The molecule has 1 fully saturated rings. The van der Waals surface area contributed by atoms with Gasteiger partial charge in [0, 0.05) is 11.9 Å². The van der Waals surface area contributed by atoms with Gasteiger partial charge >= 0.3 is 5.97 Å². The van der Waals surface area contributed by atoms with Gasteiger partial charge in [-0.15, -0.1) is 11.3 Å². The number of aromatic nitrogens is 1. The molecule has 110 valence electrons. The van der Waals surface area contributed by atoms with Gasteiger partial charge in [0.2, 0.25) is 0 Å². The van der Waals surface area contributed by atoms with Crippen LogP contribution in [0.2, 0.25) is 0 Å². The summed E-state index contributed by atoms with van der Waals surface area (Å²) in [6, 6.07) is 2.78. The Labute approximate surface area is 125 Å². The molecular formula is C14H14N2O4S. The number of thiazole rings is 1. The lowest BCUT2D eigenvalue weighted by molar-refractivity contribution is -0.143. The molecule has 3 heterocycles. The Morgan fingerprint density at radius 1 is 1.43 bits per heavy atom. The number of rotatable bonds is 3. The molecule has 0 aliphatic carbocycles. The van der Waals surface area contributed by atoms with Crippen molar-refractivity contribution in [3.8, 4) is 10.8 Å². The fourth-order valence-electron chi connectivity index (χ4n) is 2.46. The van der Waals surface area contributed by atoms with E-state index in [0.29, 0.717) is 23.7 Å². The Bertz CT molecular complexity index is 650. The number of likely N-dealkylation sites (tertiary alicyclic amines) is 1. The summed E-state index contributed by atoms with van der Waals surface area (Å²) in [5.74, 6) is -0.673. The topological polar surface area (TPSA) is 83.6 Å². The molecule has 1 amide bonds. The van der Waals surface area contributed by atoms with Crippen LogP contribution in [0.1, 0.15) is 29.8 Å². The maximum Gasteiger partial charge on any atom is 0.326 e. The second-order valence-electron chi connectivity index (χ2n) is 4.86. The van der Waals surface area contributed by atoms with Crippen LogP contribution in [0.25, 0.3) is 10.8 Å². The van der Waals surface area contributed by atoms with Crippen LogP contribution in [0, 0.1) is 0 Å². The highest BCUT2D eigenvalue weighted by Crippen LogP contribution is 2.26. The fraction of sp³-hybridized carbons (Fsp3) is 0.357. The maximum absolute atomic E-state index is 12.5. The summed E-state index contributed by atoms with van der Waals surface area (Å²) in [7, 11) is 0. The highest BCUT2D eigenvalue weighted by Gasteiger charge is 2.33. The van der Waals surface area contributed by atoms with Gasteiger partial charge < -0.3 is 14.4 Å². The Morgan fingerprint density at radius 3 is 3.00 bits per heavy atom. The Hall–Kier alpha value is -2.15. The zero-order chi connectivity index (χ0) is 14.8. The molecule has 0 spiro atoms. The largest absolute Gasteiger partial charge is 0.480 e. The van der Waals surface area contributed by atoms with Gasteiger partial charge in [-0.2, -0.15) is 0 Å². The third-order valence-electron chi connectivity index (χ3n) is 3.50. The van der Waals surface area contributed by atoms with Gasteiger partial charge in [-0.1, -0.05) is 0 Å². The number of carboxylic acids is 1. The van der Waals surface area contributed by atoms with Crippen LogP contribution in [0.15, 0.2) is 28.2 Å². The van der Waals surface area contributed by atoms with Crippen molar-refractivity contribution in [2.24, 2.45) is 0 Å². The number of piperidine rings is 1. The molecule has 1 aliphatic rings. The minimum absolute atomic E-state index is 0.277. The van der Waals surface area contributed by atoms with Crippen molar-refractivity contribution in [2.75, 3.05) is 6.54 Å². The SMILES string of the molecule is O=C(O)[C@H]1CCCCN1C(=O)c1csc(-c2ccco2)n1. The molecule has 1 atom stereocenters. The monoisotopic (exact) mass is 306 g/mol. The van der Waals surface area contributed by atoms with Crippen molar-refractivity contribution < 1.29 is 19.1 Å². The van der Waals surface area contributed by atoms with Gasteiger partial charge in [0.05, 0.1) is 6.26 Å². The normalized spacial score (nSPS) is 18.7. The summed E-state index contributed by atoms with van der Waals surface area (Å²) in [6.07, 6.45) is 3.69. The van der Waals surface area contributed by atoms with Crippen LogP contribution in [0.3, 0.4) is 0 Å². The first-order valence-corrected chi connectivity index (χ1v) is 7.58. The zero-order valence-corrected chi connectivity index (χ0v) is 12.0. The molecule has 2 aromatic rings. The molecule has 2 aromatic heterocycles. The number of aliphatic carboxylic acids is 1. The number of carboxylic acid groups (broad SMARTS) is 1. The number of carbonyl (C=O) groups is 2. The Morgan fingerprint density at radius 2 is 2.29 bits per heavy atom. The average Bonchev–Trinajstić information content (AvgIpc) is 3.17. The van der Waals surface area contributed by atoms with E-state index in [4.69, 9.17) is 4.42 Å². The first kappa shape index (κ1) is 13.8. The molecular weight excluding hydrogens is 292 g/mol. The van der Waals surface area contributed by atoms with Gasteiger partial charge in [0.15, 0.2) is 10.8 Å². The van der Waals surface area contributed by atoms with E-state index in [2.05, 4.69) is 4.98 Å². The minimum atomic E-state index is -0.954. The summed E-state index contributed by atoms with van der Waals surface area (Å²) in [5.41, 5.74) is 0.277. The lowest BCUT2D eigenvalue weighted by Crippen LogP contribution is -2.48. The lowest BCUT2D eigenvalue weighted by Gasteiger charge is -2.32. The molecule has 0 radical (unpaired) electrons. The van der Waals surface area contributed by atoms with Crippen LogP contribution in [0.4, 0.5) is 0 Å². The second-order valence-corrected chi connectivity index (χ2v) is 5.72. The highest BCUT2D eigenvalue weighted by atomic mass is 32.1. The number of nitrogens with zero attached hydrogens (tertiary/aromatic N) is 2. The Balaban J connectivity index is 1.83. The number of furan rings is 1. The van der Waals surface area contributed by atoms with E-state index in [1.54, 1.807) is 23.8 Å². The van der Waals surface area contributed by atoms with Gasteiger partial charge in [-0.25, -0.2) is 9.78 Å². The predicted octanol–water partition coefficient (Wildman–Crippen LogP) is 2.48. The molecule has 1 N–H and O–H groups in total. The summed E-state index contributed by atoms with van der Waals surface area (Å²) in [6.45, 7) is 0.462. The van der Waals surface area contributed by atoms with Crippen molar-refractivity contribution in [3.05, 3.63) is 29.5 Å². The van der Waals surface area contributed by atoms with Crippen LogP contribution < -0.4 is 0 Å². The smallest absolute Gasteiger partial charge is 0.326 e. The van der Waals surface area contributed by atoms with Crippen LogP contribution in [-0.2, 0) is 4.79 Å². The van der Waals surface area contributed by atoms with Crippen LogP contribution >= 0.6 is 11.3 Å². The van der Waals surface area contributed by atoms with E-state index in [-0.39, 0.29) is 11.6 Å². The molecule has 1 saturated heterocycles. The quantitative estimate of drug-likeness (QED) is 0.941. The maximum atomic E-state index is 12.5. The van der Waals surface area contributed by atoms with E-state index in [9.17, 15) is 14.7 Å². The summed E-state index contributed by atoms with van der Waals surface area (Å²) in [4.78, 5) is 29.4. The molecule has 1 aliphatic heterocycles. The molecule has 0 aromatic carbocycles.